The zero-order valence-electron chi connectivity index (χ0n) is 17.5. The molecule has 1 saturated heterocycles. The number of hydrogen-bond donors (Lipinski definition) is 2. The normalized spacial score (nSPS) is 18.4. The van der Waals surface area contributed by atoms with E-state index in [1.54, 1.807) is 20.8 Å². The molecule has 0 aromatic heterocycles. The number of piperidine rings is 1. The Bertz CT molecular complexity index is 579. The van der Waals surface area contributed by atoms with Crippen molar-refractivity contribution in [3.8, 4) is 0 Å². The average molecular weight is 394 g/mol. The molecular formula is C21H35N3O4. The lowest BCUT2D eigenvalue weighted by atomic mass is 9.93. The molecule has 28 heavy (non-hydrogen) atoms. The Kier molecular flexibility index (Phi) is 8.33. The molecule has 2 N–H and O–H groups in total. The summed E-state index contributed by atoms with van der Waals surface area (Å²) in [6, 6.07) is 0. The van der Waals surface area contributed by atoms with E-state index in [0.717, 1.165) is 38.8 Å². The lowest BCUT2D eigenvalue weighted by Crippen LogP contribution is -2.43. The summed E-state index contributed by atoms with van der Waals surface area (Å²) in [7, 11) is 0. The van der Waals surface area contributed by atoms with Gasteiger partial charge in [0.05, 0.1) is 6.54 Å². The van der Waals surface area contributed by atoms with Crippen LogP contribution in [0.3, 0.4) is 0 Å². The number of alkyl carbamates (subject to hydrolysis) is 1. The fourth-order valence-corrected chi connectivity index (χ4v) is 3.56. The van der Waals surface area contributed by atoms with Gasteiger partial charge in [0.1, 0.15) is 5.60 Å². The third-order valence-electron chi connectivity index (χ3n) is 5.13. The van der Waals surface area contributed by atoms with Gasteiger partial charge in [-0.2, -0.15) is 0 Å². The van der Waals surface area contributed by atoms with E-state index in [1.165, 1.54) is 24.8 Å². The summed E-state index contributed by atoms with van der Waals surface area (Å²) >= 11 is 0. The van der Waals surface area contributed by atoms with Crippen molar-refractivity contribution in [2.45, 2.75) is 71.3 Å². The van der Waals surface area contributed by atoms with Crippen LogP contribution in [0, 0.1) is 5.92 Å². The van der Waals surface area contributed by atoms with Gasteiger partial charge < -0.3 is 20.3 Å². The fraction of sp³-hybridized carbons (Fsp3) is 0.762. The van der Waals surface area contributed by atoms with E-state index in [4.69, 9.17) is 4.74 Å². The number of allylic oxidation sites excluding steroid dienone is 1. The largest absolute Gasteiger partial charge is 0.444 e. The summed E-state index contributed by atoms with van der Waals surface area (Å²) < 4.78 is 5.10. The van der Waals surface area contributed by atoms with Crippen LogP contribution < -0.4 is 10.6 Å². The molecule has 1 saturated carbocycles. The van der Waals surface area contributed by atoms with Crippen LogP contribution in [-0.4, -0.2) is 54.6 Å². The third-order valence-corrected chi connectivity index (χ3v) is 5.13. The van der Waals surface area contributed by atoms with Crippen molar-refractivity contribution in [2.24, 2.45) is 5.92 Å². The molecule has 2 rings (SSSR count). The van der Waals surface area contributed by atoms with E-state index in [-0.39, 0.29) is 18.4 Å². The summed E-state index contributed by atoms with van der Waals surface area (Å²) in [5.41, 5.74) is 0.710. The van der Waals surface area contributed by atoms with Crippen molar-refractivity contribution in [2.75, 3.05) is 26.2 Å². The number of hydrogen-bond acceptors (Lipinski definition) is 4. The van der Waals surface area contributed by atoms with Crippen LogP contribution in [0.2, 0.25) is 0 Å². The number of rotatable bonds is 5. The smallest absolute Gasteiger partial charge is 0.408 e. The predicted octanol–water partition coefficient (Wildman–Crippen LogP) is 2.76. The Morgan fingerprint density at radius 2 is 1.71 bits per heavy atom. The van der Waals surface area contributed by atoms with E-state index < -0.39 is 11.7 Å². The molecule has 0 aromatic rings. The summed E-state index contributed by atoms with van der Waals surface area (Å²) in [6.45, 7) is 7.26. The molecule has 1 aliphatic carbocycles. The van der Waals surface area contributed by atoms with Gasteiger partial charge in [-0.3, -0.25) is 9.59 Å². The maximum absolute atomic E-state index is 12.4. The van der Waals surface area contributed by atoms with Crippen LogP contribution in [0.4, 0.5) is 4.79 Å². The molecule has 0 unspecified atom stereocenters. The molecule has 7 nitrogen and oxygen atoms in total. The lowest BCUT2D eigenvalue weighted by Gasteiger charge is -2.31. The van der Waals surface area contributed by atoms with Crippen LogP contribution >= 0.6 is 0 Å². The van der Waals surface area contributed by atoms with Gasteiger partial charge in [-0.05, 0) is 65.2 Å². The SMILES string of the molecule is CC(C)(C)OC(=O)NCC(=O)NCC1CCN(C(=O)C=C2CCCCC2)CC1. The Morgan fingerprint density at radius 3 is 2.32 bits per heavy atom. The second-order valence-corrected chi connectivity index (χ2v) is 8.79. The zero-order chi connectivity index (χ0) is 20.6. The van der Waals surface area contributed by atoms with Crippen molar-refractivity contribution >= 4 is 17.9 Å². The van der Waals surface area contributed by atoms with Crippen LogP contribution in [0.25, 0.3) is 0 Å². The third kappa shape index (κ3) is 8.31. The Morgan fingerprint density at radius 1 is 1.07 bits per heavy atom. The summed E-state index contributed by atoms with van der Waals surface area (Å²) in [5, 5.41) is 5.31. The molecule has 0 atom stereocenters. The van der Waals surface area contributed by atoms with E-state index in [1.807, 2.05) is 11.0 Å². The van der Waals surface area contributed by atoms with E-state index in [0.29, 0.717) is 12.5 Å². The van der Waals surface area contributed by atoms with Crippen LogP contribution in [0.15, 0.2) is 11.6 Å². The number of nitrogens with one attached hydrogen (secondary N) is 2. The Labute approximate surface area is 168 Å². The van der Waals surface area contributed by atoms with Gasteiger partial charge in [-0.15, -0.1) is 0 Å². The van der Waals surface area contributed by atoms with E-state index >= 15 is 0 Å². The van der Waals surface area contributed by atoms with Gasteiger partial charge in [-0.25, -0.2) is 4.79 Å². The predicted molar refractivity (Wildman–Crippen MR) is 108 cm³/mol. The molecule has 1 heterocycles. The number of amides is 3. The number of carbonyl (C=O) groups excluding carboxylic acids is 3. The van der Waals surface area contributed by atoms with Crippen molar-refractivity contribution < 1.29 is 19.1 Å². The first-order valence-electron chi connectivity index (χ1n) is 10.4. The highest BCUT2D eigenvalue weighted by Gasteiger charge is 2.23. The molecule has 0 aromatic carbocycles. The first-order valence-corrected chi connectivity index (χ1v) is 10.4. The highest BCUT2D eigenvalue weighted by Crippen LogP contribution is 2.23. The van der Waals surface area contributed by atoms with Gasteiger partial charge in [0.15, 0.2) is 0 Å². The number of likely N-dealkylation sites (tertiary alicyclic amines) is 1. The molecule has 2 fully saturated rings. The van der Waals surface area contributed by atoms with Crippen molar-refractivity contribution in [1.82, 2.24) is 15.5 Å². The van der Waals surface area contributed by atoms with Crippen molar-refractivity contribution in [3.05, 3.63) is 11.6 Å². The quantitative estimate of drug-likeness (QED) is 0.703. The van der Waals surface area contributed by atoms with Gasteiger partial charge >= 0.3 is 6.09 Å². The monoisotopic (exact) mass is 393 g/mol. The Hall–Kier alpha value is -2.05. The molecule has 3 amide bonds. The van der Waals surface area contributed by atoms with Crippen LogP contribution in [0.5, 0.6) is 0 Å². The molecule has 7 heteroatoms. The average Bonchev–Trinajstić information content (AvgIpc) is 2.64. The van der Waals surface area contributed by atoms with Gasteiger partial charge in [-0.1, -0.05) is 12.0 Å². The number of carbonyl (C=O) groups is 3. The van der Waals surface area contributed by atoms with E-state index in [2.05, 4.69) is 10.6 Å². The summed E-state index contributed by atoms with van der Waals surface area (Å²) in [6.07, 6.45) is 8.81. The molecule has 0 radical (unpaired) electrons. The lowest BCUT2D eigenvalue weighted by molar-refractivity contribution is -0.127. The van der Waals surface area contributed by atoms with Crippen LogP contribution in [-0.2, 0) is 14.3 Å². The molecule has 158 valence electrons. The van der Waals surface area contributed by atoms with Gasteiger partial charge in [0.25, 0.3) is 0 Å². The summed E-state index contributed by atoms with van der Waals surface area (Å²) in [4.78, 5) is 37.8. The molecule has 0 spiro atoms. The number of ether oxygens (including phenoxy) is 1. The van der Waals surface area contributed by atoms with E-state index in [9.17, 15) is 14.4 Å². The first-order chi connectivity index (χ1) is 13.2. The second-order valence-electron chi connectivity index (χ2n) is 8.79. The summed E-state index contributed by atoms with van der Waals surface area (Å²) in [5.74, 6) is 0.268. The van der Waals surface area contributed by atoms with Crippen LogP contribution in [0.1, 0.15) is 65.7 Å². The second kappa shape index (κ2) is 10.5. The van der Waals surface area contributed by atoms with Gasteiger partial charge in [0, 0.05) is 25.7 Å². The van der Waals surface area contributed by atoms with Crippen molar-refractivity contribution in [3.63, 3.8) is 0 Å². The standard InChI is InChI=1S/C21H35N3O4/c1-21(2,3)28-20(27)23-15-18(25)22-14-17-9-11-24(12-10-17)19(26)13-16-7-5-4-6-8-16/h13,17H,4-12,14-15H2,1-3H3,(H,22,25)(H,23,27). The minimum Gasteiger partial charge on any atom is -0.444 e. The highest BCUT2D eigenvalue weighted by atomic mass is 16.6. The molecule has 1 aliphatic heterocycles. The molecule has 2 aliphatic rings. The maximum atomic E-state index is 12.4. The minimum atomic E-state index is -0.596. The van der Waals surface area contributed by atoms with Gasteiger partial charge in [0.2, 0.25) is 11.8 Å². The molecule has 0 bridgehead atoms. The minimum absolute atomic E-state index is 0.0974. The van der Waals surface area contributed by atoms with Crippen molar-refractivity contribution in [1.29, 1.82) is 0 Å². The highest BCUT2D eigenvalue weighted by molar-refractivity contribution is 5.88. The maximum Gasteiger partial charge on any atom is 0.408 e. The zero-order valence-corrected chi connectivity index (χ0v) is 17.5. The Balaban J connectivity index is 1.62. The topological polar surface area (TPSA) is 87.7 Å². The first kappa shape index (κ1) is 22.2. The fourth-order valence-electron chi connectivity index (χ4n) is 3.56. The molecular weight excluding hydrogens is 358 g/mol. The number of nitrogens with zero attached hydrogens (tertiary/aromatic N) is 1.